The van der Waals surface area contributed by atoms with E-state index in [0.29, 0.717) is 18.0 Å². The fraction of sp³-hybridized carbons (Fsp3) is 0.417. The second-order valence-electron chi connectivity index (χ2n) is 4.65. The van der Waals surface area contributed by atoms with Crippen LogP contribution in [0.15, 0.2) is 24.4 Å². The summed E-state index contributed by atoms with van der Waals surface area (Å²) in [5, 5.41) is 0.619. The van der Waals surface area contributed by atoms with Crippen molar-refractivity contribution in [3.63, 3.8) is 0 Å². The molecule has 2 aromatic heterocycles. The van der Waals surface area contributed by atoms with E-state index in [4.69, 9.17) is 11.6 Å². The molecule has 1 aliphatic rings. The van der Waals surface area contributed by atoms with E-state index in [1.807, 2.05) is 22.6 Å². The van der Waals surface area contributed by atoms with Gasteiger partial charge in [-0.05, 0) is 25.0 Å². The van der Waals surface area contributed by atoms with Crippen LogP contribution in [0.25, 0.3) is 5.52 Å². The first-order chi connectivity index (χ1) is 8.57. The molecule has 0 N–H and O–H groups in total. The number of nitrogens with zero attached hydrogens (tertiary/aromatic N) is 2. The minimum atomic E-state index is -2.84. The number of halogens is 1. The van der Waals surface area contributed by atoms with Gasteiger partial charge in [0.05, 0.1) is 23.2 Å². The van der Waals surface area contributed by atoms with Gasteiger partial charge in [-0.1, -0.05) is 17.7 Å². The van der Waals surface area contributed by atoms with Gasteiger partial charge in [0.15, 0.2) is 0 Å². The molecule has 0 atom stereocenters. The zero-order valence-corrected chi connectivity index (χ0v) is 11.3. The Kier molecular flexibility index (Phi) is 2.83. The van der Waals surface area contributed by atoms with Gasteiger partial charge in [0.1, 0.15) is 20.8 Å². The molecule has 6 heteroatoms. The third kappa shape index (κ3) is 2.01. The van der Waals surface area contributed by atoms with Gasteiger partial charge >= 0.3 is 0 Å². The molecule has 0 amide bonds. The third-order valence-electron chi connectivity index (χ3n) is 3.45. The highest BCUT2D eigenvalue weighted by Crippen LogP contribution is 2.30. The van der Waals surface area contributed by atoms with E-state index in [2.05, 4.69) is 4.98 Å². The Balaban J connectivity index is 2.01. The minimum absolute atomic E-state index is 0.177. The van der Waals surface area contributed by atoms with E-state index in [1.54, 1.807) is 6.20 Å². The van der Waals surface area contributed by atoms with E-state index >= 15 is 0 Å². The molecule has 0 aromatic carbocycles. The van der Waals surface area contributed by atoms with E-state index in [-0.39, 0.29) is 17.4 Å². The molecule has 0 aliphatic carbocycles. The summed E-state index contributed by atoms with van der Waals surface area (Å²) in [5.41, 5.74) is 0.950. The van der Waals surface area contributed by atoms with Crippen LogP contribution in [-0.4, -0.2) is 29.3 Å². The highest BCUT2D eigenvalue weighted by atomic mass is 35.5. The average molecular weight is 285 g/mol. The molecule has 2 aromatic rings. The number of sulfone groups is 1. The van der Waals surface area contributed by atoms with Crippen LogP contribution in [0.4, 0.5) is 0 Å². The molecule has 4 nitrogen and oxygen atoms in total. The number of imidazole rings is 1. The predicted molar refractivity (Wildman–Crippen MR) is 70.8 cm³/mol. The van der Waals surface area contributed by atoms with Crippen molar-refractivity contribution in [1.82, 2.24) is 9.38 Å². The first kappa shape index (κ1) is 12.0. The molecule has 1 aliphatic heterocycles. The molecular formula is C12H13ClN2O2S. The van der Waals surface area contributed by atoms with Gasteiger partial charge in [-0.2, -0.15) is 0 Å². The van der Waals surface area contributed by atoms with Gasteiger partial charge in [-0.3, -0.25) is 4.40 Å². The van der Waals surface area contributed by atoms with Crippen molar-refractivity contribution >= 4 is 27.0 Å². The van der Waals surface area contributed by atoms with Crippen LogP contribution in [-0.2, 0) is 9.84 Å². The number of hydrogen-bond acceptors (Lipinski definition) is 3. The first-order valence-electron chi connectivity index (χ1n) is 5.89. The zero-order chi connectivity index (χ0) is 12.8. The summed E-state index contributed by atoms with van der Waals surface area (Å²) in [6.45, 7) is 0. The number of aromatic nitrogens is 2. The van der Waals surface area contributed by atoms with Crippen molar-refractivity contribution in [3.05, 3.63) is 35.4 Å². The Bertz CT molecular complexity index is 679. The summed E-state index contributed by atoms with van der Waals surface area (Å²) in [4.78, 5) is 4.41. The molecule has 0 spiro atoms. The van der Waals surface area contributed by atoms with Crippen molar-refractivity contribution in [3.8, 4) is 0 Å². The summed E-state index contributed by atoms with van der Waals surface area (Å²) < 4.78 is 24.8. The maximum absolute atomic E-state index is 11.4. The first-order valence-corrected chi connectivity index (χ1v) is 8.09. The van der Waals surface area contributed by atoms with Crippen LogP contribution in [0.5, 0.6) is 0 Å². The number of rotatable bonds is 1. The van der Waals surface area contributed by atoms with Crippen molar-refractivity contribution in [2.24, 2.45) is 0 Å². The quantitative estimate of drug-likeness (QED) is 0.755. The van der Waals surface area contributed by atoms with Crippen molar-refractivity contribution in [1.29, 1.82) is 0 Å². The SMILES string of the molecule is O=S1(=O)CCC(c2ncc3cccc(Cl)n23)CC1. The normalized spacial score (nSPS) is 20.3. The third-order valence-corrected chi connectivity index (χ3v) is 5.46. The minimum Gasteiger partial charge on any atom is -0.287 e. The van der Waals surface area contributed by atoms with E-state index < -0.39 is 9.84 Å². The van der Waals surface area contributed by atoms with Gasteiger partial charge < -0.3 is 0 Å². The van der Waals surface area contributed by atoms with Gasteiger partial charge in [0.2, 0.25) is 0 Å². The second-order valence-corrected chi connectivity index (χ2v) is 7.34. The van der Waals surface area contributed by atoms with Crippen molar-refractivity contribution < 1.29 is 8.42 Å². The van der Waals surface area contributed by atoms with E-state index in [0.717, 1.165) is 11.3 Å². The van der Waals surface area contributed by atoms with Gasteiger partial charge in [-0.15, -0.1) is 0 Å². The van der Waals surface area contributed by atoms with Gasteiger partial charge in [0.25, 0.3) is 0 Å². The van der Waals surface area contributed by atoms with Crippen LogP contribution in [0.3, 0.4) is 0 Å². The summed E-state index contributed by atoms with van der Waals surface area (Å²) in [5.74, 6) is 1.55. The zero-order valence-electron chi connectivity index (χ0n) is 9.71. The summed E-state index contributed by atoms with van der Waals surface area (Å²) in [6.07, 6.45) is 3.05. The average Bonchev–Trinajstić information content (AvgIpc) is 2.74. The summed E-state index contributed by atoms with van der Waals surface area (Å²) >= 11 is 6.18. The van der Waals surface area contributed by atoms with Crippen LogP contribution in [0, 0.1) is 0 Å². The van der Waals surface area contributed by atoms with Crippen LogP contribution >= 0.6 is 11.6 Å². The Morgan fingerprint density at radius 2 is 2.00 bits per heavy atom. The lowest BCUT2D eigenvalue weighted by Crippen LogP contribution is -2.23. The lowest BCUT2D eigenvalue weighted by Gasteiger charge is -2.21. The van der Waals surface area contributed by atoms with Crippen molar-refractivity contribution in [2.45, 2.75) is 18.8 Å². The fourth-order valence-corrected chi connectivity index (χ4v) is 4.22. The molecule has 0 saturated carbocycles. The summed E-state index contributed by atoms with van der Waals surface area (Å²) in [6, 6.07) is 5.65. The van der Waals surface area contributed by atoms with Crippen LogP contribution in [0.2, 0.25) is 5.15 Å². The van der Waals surface area contributed by atoms with Crippen LogP contribution < -0.4 is 0 Å². The summed E-state index contributed by atoms with van der Waals surface area (Å²) in [7, 11) is -2.84. The highest BCUT2D eigenvalue weighted by Gasteiger charge is 2.27. The topological polar surface area (TPSA) is 51.4 Å². The fourth-order valence-electron chi connectivity index (χ4n) is 2.47. The molecule has 1 fully saturated rings. The second kappa shape index (κ2) is 4.24. The largest absolute Gasteiger partial charge is 0.287 e. The molecule has 3 rings (SSSR count). The Labute approximate surface area is 111 Å². The highest BCUT2D eigenvalue weighted by molar-refractivity contribution is 7.91. The number of pyridine rings is 1. The molecule has 18 heavy (non-hydrogen) atoms. The number of fused-ring (bicyclic) bond motifs is 1. The van der Waals surface area contributed by atoms with Crippen molar-refractivity contribution in [2.75, 3.05) is 11.5 Å². The Morgan fingerprint density at radius 3 is 2.72 bits per heavy atom. The Morgan fingerprint density at radius 1 is 1.28 bits per heavy atom. The molecule has 0 radical (unpaired) electrons. The van der Waals surface area contributed by atoms with E-state index in [9.17, 15) is 8.42 Å². The monoisotopic (exact) mass is 284 g/mol. The lowest BCUT2D eigenvalue weighted by molar-refractivity contribution is 0.536. The molecule has 96 valence electrons. The maximum atomic E-state index is 11.4. The van der Waals surface area contributed by atoms with E-state index in [1.165, 1.54) is 0 Å². The molecule has 0 unspecified atom stereocenters. The van der Waals surface area contributed by atoms with Gasteiger partial charge in [0, 0.05) is 5.92 Å². The molecular weight excluding hydrogens is 272 g/mol. The van der Waals surface area contributed by atoms with Crippen LogP contribution in [0.1, 0.15) is 24.6 Å². The predicted octanol–water partition coefficient (Wildman–Crippen LogP) is 2.28. The lowest BCUT2D eigenvalue weighted by atomic mass is 10.0. The van der Waals surface area contributed by atoms with Gasteiger partial charge in [-0.25, -0.2) is 13.4 Å². The molecule has 1 saturated heterocycles. The maximum Gasteiger partial charge on any atom is 0.150 e. The molecule has 3 heterocycles. The number of hydrogen-bond donors (Lipinski definition) is 0. The smallest absolute Gasteiger partial charge is 0.150 e. The molecule has 0 bridgehead atoms. The standard InChI is InChI=1S/C12H13ClN2O2S/c13-11-3-1-2-10-8-14-12(15(10)11)9-4-6-18(16,17)7-5-9/h1-3,8-9H,4-7H2. The Hall–Kier alpha value is -1.07.